The van der Waals surface area contributed by atoms with Crippen LogP contribution in [0.2, 0.25) is 5.02 Å². The summed E-state index contributed by atoms with van der Waals surface area (Å²) in [5, 5.41) is 0.851. The van der Waals surface area contributed by atoms with Crippen LogP contribution in [0.15, 0.2) is 24.3 Å². The molecule has 0 nitrogen and oxygen atoms in total. The number of hydrogen-bond acceptors (Lipinski definition) is 0. The summed E-state index contributed by atoms with van der Waals surface area (Å²) >= 11 is 5.95. The SMILES string of the molecule is CCC(C)CC1CCC(c2ccc(Cl)cc2)CC1. The molecule has 1 fully saturated rings. The second-order valence-electron chi connectivity index (χ2n) is 6.02. The van der Waals surface area contributed by atoms with Crippen molar-refractivity contribution in [1.29, 1.82) is 0 Å². The molecule has 100 valence electrons. The fourth-order valence-corrected chi connectivity index (χ4v) is 3.33. The Hall–Kier alpha value is -0.490. The van der Waals surface area contributed by atoms with Gasteiger partial charge < -0.3 is 0 Å². The van der Waals surface area contributed by atoms with Crippen molar-refractivity contribution in [3.63, 3.8) is 0 Å². The summed E-state index contributed by atoms with van der Waals surface area (Å²) in [6.07, 6.45) is 8.32. The van der Waals surface area contributed by atoms with E-state index in [1.807, 2.05) is 12.1 Å². The Morgan fingerprint density at radius 3 is 2.28 bits per heavy atom. The molecule has 18 heavy (non-hydrogen) atoms. The molecule has 0 amide bonds. The molecule has 1 unspecified atom stereocenters. The Morgan fingerprint density at radius 2 is 1.72 bits per heavy atom. The first-order valence-electron chi connectivity index (χ1n) is 7.44. The predicted octanol–water partition coefficient (Wildman–Crippen LogP) is 6.05. The number of hydrogen-bond donors (Lipinski definition) is 0. The number of benzene rings is 1. The summed E-state index contributed by atoms with van der Waals surface area (Å²) in [7, 11) is 0. The molecular formula is C17H25Cl. The van der Waals surface area contributed by atoms with Gasteiger partial charge in [0, 0.05) is 5.02 Å². The Bertz CT molecular complexity index is 346. The Balaban J connectivity index is 1.84. The van der Waals surface area contributed by atoms with E-state index in [4.69, 9.17) is 11.6 Å². The first kappa shape index (κ1) is 13.9. The Morgan fingerprint density at radius 1 is 1.11 bits per heavy atom. The minimum Gasteiger partial charge on any atom is -0.0843 e. The molecule has 0 aromatic heterocycles. The lowest BCUT2D eigenvalue weighted by Crippen LogP contribution is -2.15. The van der Waals surface area contributed by atoms with Crippen LogP contribution in [0.1, 0.15) is 63.9 Å². The van der Waals surface area contributed by atoms with E-state index in [1.165, 1.54) is 44.1 Å². The zero-order valence-electron chi connectivity index (χ0n) is 11.7. The van der Waals surface area contributed by atoms with Crippen LogP contribution in [0.5, 0.6) is 0 Å². The van der Waals surface area contributed by atoms with Crippen molar-refractivity contribution in [1.82, 2.24) is 0 Å². The fraction of sp³-hybridized carbons (Fsp3) is 0.647. The van der Waals surface area contributed by atoms with Crippen LogP contribution in [-0.2, 0) is 0 Å². The predicted molar refractivity (Wildman–Crippen MR) is 80.2 cm³/mol. The van der Waals surface area contributed by atoms with Gasteiger partial charge in [-0.2, -0.15) is 0 Å². The maximum atomic E-state index is 5.95. The van der Waals surface area contributed by atoms with E-state index in [0.717, 1.165) is 22.8 Å². The third-order valence-electron chi connectivity index (χ3n) is 4.62. The summed E-state index contributed by atoms with van der Waals surface area (Å²) in [6.45, 7) is 4.70. The molecule has 1 aromatic carbocycles. The zero-order chi connectivity index (χ0) is 13.0. The summed E-state index contributed by atoms with van der Waals surface area (Å²) in [4.78, 5) is 0. The van der Waals surface area contributed by atoms with Gasteiger partial charge in [0.15, 0.2) is 0 Å². The minimum atomic E-state index is 0.774. The van der Waals surface area contributed by atoms with Crippen molar-refractivity contribution >= 4 is 11.6 Å². The highest BCUT2D eigenvalue weighted by Gasteiger charge is 2.23. The Labute approximate surface area is 117 Å². The first-order chi connectivity index (χ1) is 8.69. The van der Waals surface area contributed by atoms with Gasteiger partial charge in [0.25, 0.3) is 0 Å². The first-order valence-corrected chi connectivity index (χ1v) is 7.82. The highest BCUT2D eigenvalue weighted by atomic mass is 35.5. The van der Waals surface area contributed by atoms with E-state index in [9.17, 15) is 0 Å². The smallest absolute Gasteiger partial charge is 0.0406 e. The molecule has 0 bridgehead atoms. The van der Waals surface area contributed by atoms with Crippen LogP contribution in [0.25, 0.3) is 0 Å². The quantitative estimate of drug-likeness (QED) is 0.621. The van der Waals surface area contributed by atoms with Gasteiger partial charge in [0.1, 0.15) is 0 Å². The van der Waals surface area contributed by atoms with Gasteiger partial charge in [0.2, 0.25) is 0 Å². The highest BCUT2D eigenvalue weighted by Crippen LogP contribution is 2.38. The van der Waals surface area contributed by atoms with Crippen molar-refractivity contribution in [2.24, 2.45) is 11.8 Å². The molecule has 1 aliphatic carbocycles. The molecule has 0 N–H and O–H groups in total. The van der Waals surface area contributed by atoms with Crippen LogP contribution in [0, 0.1) is 11.8 Å². The van der Waals surface area contributed by atoms with E-state index in [2.05, 4.69) is 26.0 Å². The number of rotatable bonds is 4. The van der Waals surface area contributed by atoms with Crippen molar-refractivity contribution < 1.29 is 0 Å². The van der Waals surface area contributed by atoms with Gasteiger partial charge >= 0.3 is 0 Å². The second kappa shape index (κ2) is 6.61. The van der Waals surface area contributed by atoms with E-state index >= 15 is 0 Å². The lowest BCUT2D eigenvalue weighted by atomic mass is 9.76. The van der Waals surface area contributed by atoms with E-state index in [0.29, 0.717) is 0 Å². The van der Waals surface area contributed by atoms with Crippen molar-refractivity contribution in [3.8, 4) is 0 Å². The molecule has 0 saturated heterocycles. The van der Waals surface area contributed by atoms with Crippen molar-refractivity contribution in [2.45, 2.75) is 58.3 Å². The third-order valence-corrected chi connectivity index (χ3v) is 4.87. The molecule has 0 spiro atoms. The normalized spacial score (nSPS) is 25.9. The fourth-order valence-electron chi connectivity index (χ4n) is 3.20. The van der Waals surface area contributed by atoms with Gasteiger partial charge in [-0.15, -0.1) is 0 Å². The van der Waals surface area contributed by atoms with E-state index in [1.54, 1.807) is 0 Å². The molecular weight excluding hydrogens is 240 g/mol. The van der Waals surface area contributed by atoms with Crippen LogP contribution in [0.4, 0.5) is 0 Å². The van der Waals surface area contributed by atoms with Crippen molar-refractivity contribution in [3.05, 3.63) is 34.9 Å². The minimum absolute atomic E-state index is 0.774. The molecule has 1 aliphatic rings. The van der Waals surface area contributed by atoms with Crippen LogP contribution in [-0.4, -0.2) is 0 Å². The molecule has 2 rings (SSSR count). The van der Waals surface area contributed by atoms with Gasteiger partial charge in [0.05, 0.1) is 0 Å². The van der Waals surface area contributed by atoms with Gasteiger partial charge in [-0.1, -0.05) is 44.0 Å². The van der Waals surface area contributed by atoms with Crippen LogP contribution < -0.4 is 0 Å². The van der Waals surface area contributed by atoms with Gasteiger partial charge in [-0.3, -0.25) is 0 Å². The summed E-state index contributed by atoms with van der Waals surface area (Å²) < 4.78 is 0. The third kappa shape index (κ3) is 3.75. The molecule has 1 saturated carbocycles. The largest absolute Gasteiger partial charge is 0.0843 e. The lowest BCUT2D eigenvalue weighted by molar-refractivity contribution is 0.273. The highest BCUT2D eigenvalue weighted by molar-refractivity contribution is 6.30. The molecule has 1 aromatic rings. The van der Waals surface area contributed by atoms with Gasteiger partial charge in [-0.05, 0) is 67.6 Å². The zero-order valence-corrected chi connectivity index (χ0v) is 12.4. The average Bonchev–Trinajstić information content (AvgIpc) is 2.40. The second-order valence-corrected chi connectivity index (χ2v) is 6.45. The Kier molecular flexibility index (Phi) is 5.12. The molecule has 0 radical (unpaired) electrons. The van der Waals surface area contributed by atoms with E-state index < -0.39 is 0 Å². The monoisotopic (exact) mass is 264 g/mol. The molecule has 0 aliphatic heterocycles. The van der Waals surface area contributed by atoms with Crippen LogP contribution in [0.3, 0.4) is 0 Å². The maximum Gasteiger partial charge on any atom is 0.0406 e. The lowest BCUT2D eigenvalue weighted by Gasteiger charge is -2.30. The van der Waals surface area contributed by atoms with Crippen molar-refractivity contribution in [2.75, 3.05) is 0 Å². The average molecular weight is 265 g/mol. The number of halogens is 1. The maximum absolute atomic E-state index is 5.95. The summed E-state index contributed by atoms with van der Waals surface area (Å²) in [5.74, 6) is 2.65. The molecule has 1 heteroatoms. The standard InChI is InChI=1S/C17H25Cl/c1-3-13(2)12-14-4-6-15(7-5-14)16-8-10-17(18)11-9-16/h8-11,13-15H,3-7,12H2,1-2H3. The van der Waals surface area contributed by atoms with Gasteiger partial charge in [-0.25, -0.2) is 0 Å². The molecule has 1 atom stereocenters. The van der Waals surface area contributed by atoms with Crippen LogP contribution >= 0.6 is 11.6 Å². The summed E-state index contributed by atoms with van der Waals surface area (Å²) in [6, 6.07) is 8.48. The molecule has 0 heterocycles. The summed E-state index contributed by atoms with van der Waals surface area (Å²) in [5.41, 5.74) is 1.49. The topological polar surface area (TPSA) is 0 Å². The van der Waals surface area contributed by atoms with E-state index in [-0.39, 0.29) is 0 Å².